The number of nitrogens with one attached hydrogen (secondary N) is 2. The number of rotatable bonds is 8. The summed E-state index contributed by atoms with van der Waals surface area (Å²) in [4.78, 5) is 24.1. The first-order valence-corrected chi connectivity index (χ1v) is 8.87. The number of carbonyl (C=O) groups excluding carboxylic acids is 1. The number of benzene rings is 2. The topological polar surface area (TPSA) is 139 Å². The lowest BCUT2D eigenvalue weighted by atomic mass is 10.0. The van der Waals surface area contributed by atoms with E-state index in [0.717, 1.165) is 5.56 Å². The quantitative estimate of drug-likeness (QED) is 0.150. The van der Waals surface area contributed by atoms with Gasteiger partial charge in [0.2, 0.25) is 5.91 Å². The highest BCUT2D eigenvalue weighted by molar-refractivity contribution is 7.81. The molecule has 8 N–H and O–H groups in total. The zero-order valence-electron chi connectivity index (χ0n) is 15.4. The van der Waals surface area contributed by atoms with E-state index < -0.39 is 11.9 Å². The fourth-order valence-corrected chi connectivity index (χ4v) is 2.86. The van der Waals surface area contributed by atoms with E-state index in [4.69, 9.17) is 29.5 Å². The van der Waals surface area contributed by atoms with Gasteiger partial charge >= 0.3 is 5.69 Å². The normalized spacial score (nSPS) is 12.1. The fourth-order valence-electron chi connectivity index (χ4n) is 2.57. The largest absolute Gasteiger partial charge is 0.402 e. The van der Waals surface area contributed by atoms with Crippen molar-refractivity contribution in [3.05, 3.63) is 70.8 Å². The lowest BCUT2D eigenvalue weighted by Gasteiger charge is -2.17. The van der Waals surface area contributed by atoms with Gasteiger partial charge in [-0.3, -0.25) is 4.79 Å². The highest BCUT2D eigenvalue weighted by Gasteiger charge is 2.20. The van der Waals surface area contributed by atoms with Crippen molar-refractivity contribution in [1.29, 1.82) is 0 Å². The van der Waals surface area contributed by atoms with Crippen LogP contribution in [0, 0.1) is 4.91 Å². The molecule has 2 aromatic rings. The Morgan fingerprint density at radius 1 is 1.21 bits per heavy atom. The molecular formula is C19H23N6O2S+. The van der Waals surface area contributed by atoms with Crippen LogP contribution >= 0.6 is 12.2 Å². The highest BCUT2D eigenvalue weighted by atomic mass is 32.1. The van der Waals surface area contributed by atoms with Crippen LogP contribution < -0.4 is 27.9 Å². The van der Waals surface area contributed by atoms with E-state index in [-0.39, 0.29) is 10.6 Å². The molecule has 0 aliphatic rings. The monoisotopic (exact) mass is 399 g/mol. The van der Waals surface area contributed by atoms with Crippen molar-refractivity contribution in [1.82, 2.24) is 0 Å². The molecule has 0 aliphatic carbocycles. The van der Waals surface area contributed by atoms with Crippen molar-refractivity contribution in [3.63, 3.8) is 0 Å². The molecule has 1 atom stereocenters. The molecular weight excluding hydrogens is 376 g/mol. The molecule has 0 saturated heterocycles. The Hall–Kier alpha value is -3.46. The minimum atomic E-state index is -0.638. The number of hydrazine groups is 1. The summed E-state index contributed by atoms with van der Waals surface area (Å²) in [6.45, 7) is 1.69. The molecule has 1 amide bonds. The Kier molecular flexibility index (Phi) is 7.05. The van der Waals surface area contributed by atoms with E-state index in [1.165, 1.54) is 6.07 Å². The summed E-state index contributed by atoms with van der Waals surface area (Å²) in [5, 5.41) is 6.00. The molecule has 0 heterocycles. The van der Waals surface area contributed by atoms with Gasteiger partial charge in [0, 0.05) is 23.9 Å². The molecule has 0 radical (unpaired) electrons. The van der Waals surface area contributed by atoms with Gasteiger partial charge in [0.15, 0.2) is 4.87 Å². The number of anilines is 2. The Bertz CT molecular complexity index is 910. The molecule has 0 aliphatic heterocycles. The van der Waals surface area contributed by atoms with Gasteiger partial charge < -0.3 is 22.1 Å². The van der Waals surface area contributed by atoms with Gasteiger partial charge in [0.05, 0.1) is 4.91 Å². The van der Waals surface area contributed by atoms with Gasteiger partial charge in [-0.05, 0) is 30.7 Å². The Labute approximate surface area is 168 Å². The summed E-state index contributed by atoms with van der Waals surface area (Å²) in [6, 6.07) is 13.6. The van der Waals surface area contributed by atoms with Crippen LogP contribution in [0.15, 0.2) is 60.3 Å². The number of primary amides is 1. The molecule has 28 heavy (non-hydrogen) atoms. The van der Waals surface area contributed by atoms with Crippen LogP contribution in [-0.2, 0) is 11.2 Å². The van der Waals surface area contributed by atoms with Crippen LogP contribution in [0.4, 0.5) is 17.1 Å². The summed E-state index contributed by atoms with van der Waals surface area (Å²) in [7, 11) is 0. The first kappa shape index (κ1) is 20.8. The number of nitrogens with two attached hydrogens (primary N) is 3. The Balaban J connectivity index is 2.27. The van der Waals surface area contributed by atoms with Gasteiger partial charge in [0.1, 0.15) is 16.7 Å². The fraction of sp³-hybridized carbons (Fsp3) is 0.158. The third-order valence-corrected chi connectivity index (χ3v) is 4.04. The SMILES string of the molecule is CC(N)=CC(=S)Nc1cc(NC(Cc2ccccc2)C(N)=O)ccc1[N+](N)=O. The third-order valence-electron chi connectivity index (χ3n) is 3.82. The number of allylic oxidation sites excluding steroid dienone is 1. The van der Waals surface area contributed by atoms with E-state index in [1.54, 1.807) is 25.1 Å². The number of thiocarbonyl (C=S) groups is 1. The zero-order valence-corrected chi connectivity index (χ0v) is 16.2. The van der Waals surface area contributed by atoms with Crippen molar-refractivity contribution >= 4 is 40.2 Å². The molecule has 9 heteroatoms. The molecule has 0 bridgehead atoms. The minimum Gasteiger partial charge on any atom is -0.402 e. The molecule has 1 unspecified atom stereocenters. The number of nitrogens with zero attached hydrogens (tertiary/aromatic N) is 1. The maximum Gasteiger partial charge on any atom is 0.315 e. The molecule has 2 aromatic carbocycles. The summed E-state index contributed by atoms with van der Waals surface area (Å²) in [5.41, 5.74) is 13.8. The first-order valence-electron chi connectivity index (χ1n) is 8.47. The summed E-state index contributed by atoms with van der Waals surface area (Å²) < 4.78 is 0. The number of carbonyl (C=O) groups is 1. The predicted molar refractivity (Wildman–Crippen MR) is 115 cm³/mol. The number of amides is 1. The van der Waals surface area contributed by atoms with E-state index in [2.05, 4.69) is 10.6 Å². The second-order valence-electron chi connectivity index (χ2n) is 6.22. The van der Waals surface area contributed by atoms with Gasteiger partial charge in [0.25, 0.3) is 0 Å². The molecule has 146 valence electrons. The van der Waals surface area contributed by atoms with Crippen molar-refractivity contribution in [2.75, 3.05) is 10.6 Å². The van der Waals surface area contributed by atoms with Gasteiger partial charge in [-0.2, -0.15) is 5.84 Å². The van der Waals surface area contributed by atoms with E-state index in [1.807, 2.05) is 30.3 Å². The molecule has 2 rings (SSSR count). The zero-order chi connectivity index (χ0) is 20.7. The number of hydrogen-bond acceptors (Lipinski definition) is 5. The average Bonchev–Trinajstić information content (AvgIpc) is 2.61. The van der Waals surface area contributed by atoms with Crippen molar-refractivity contribution in [2.24, 2.45) is 17.3 Å². The highest BCUT2D eigenvalue weighted by Crippen LogP contribution is 2.28. The maximum atomic E-state index is 11.9. The standard InChI is InChI=1S/C19H22N6O2S/c1-12(20)9-18(28)24-15-11-14(7-8-17(15)25(22)27)23-16(19(21)26)10-13-5-3-2-4-6-13/h2-9,11,16H,10H2,1H3,(H7-,20,21,22,23,24,26,27,28)/p+1. The van der Waals surface area contributed by atoms with Crippen LogP contribution in [0.1, 0.15) is 12.5 Å². The Morgan fingerprint density at radius 2 is 1.89 bits per heavy atom. The van der Waals surface area contributed by atoms with Crippen molar-refractivity contribution in [3.8, 4) is 0 Å². The lowest BCUT2D eigenvalue weighted by molar-refractivity contribution is -0.473. The van der Waals surface area contributed by atoms with Crippen LogP contribution in [-0.4, -0.2) is 21.8 Å². The Morgan fingerprint density at radius 3 is 2.46 bits per heavy atom. The molecule has 8 nitrogen and oxygen atoms in total. The van der Waals surface area contributed by atoms with Crippen molar-refractivity contribution in [2.45, 2.75) is 19.4 Å². The maximum absolute atomic E-state index is 11.9. The van der Waals surface area contributed by atoms with E-state index >= 15 is 0 Å². The predicted octanol–water partition coefficient (Wildman–Crippen LogP) is 2.08. The van der Waals surface area contributed by atoms with Crippen LogP contribution in [0.5, 0.6) is 0 Å². The average molecular weight is 400 g/mol. The molecule has 0 spiro atoms. The van der Waals surface area contributed by atoms with Crippen LogP contribution in [0.3, 0.4) is 0 Å². The number of hydrogen-bond donors (Lipinski definition) is 5. The molecule has 0 aromatic heterocycles. The summed E-state index contributed by atoms with van der Waals surface area (Å²) >= 11 is 5.19. The van der Waals surface area contributed by atoms with Crippen molar-refractivity contribution < 1.29 is 9.66 Å². The van der Waals surface area contributed by atoms with E-state index in [0.29, 0.717) is 28.5 Å². The second-order valence-corrected chi connectivity index (χ2v) is 6.66. The van der Waals surface area contributed by atoms with Gasteiger partial charge in [-0.1, -0.05) is 42.5 Å². The van der Waals surface area contributed by atoms with Gasteiger partial charge in [-0.25, -0.2) is 0 Å². The first-order chi connectivity index (χ1) is 13.3. The minimum absolute atomic E-state index is 0.176. The van der Waals surface area contributed by atoms with Crippen LogP contribution in [0.2, 0.25) is 0 Å². The van der Waals surface area contributed by atoms with Gasteiger partial charge in [-0.15, -0.1) is 0 Å². The smallest absolute Gasteiger partial charge is 0.315 e. The van der Waals surface area contributed by atoms with Crippen LogP contribution in [0.25, 0.3) is 0 Å². The second kappa shape index (κ2) is 9.47. The molecule has 0 saturated carbocycles. The number of nitroso groups, excluding NO2 is 1. The van der Waals surface area contributed by atoms with E-state index in [9.17, 15) is 9.70 Å². The summed E-state index contributed by atoms with van der Waals surface area (Å²) in [6.07, 6.45) is 1.96. The third kappa shape index (κ3) is 6.06. The molecule has 0 fully saturated rings. The lowest BCUT2D eigenvalue weighted by Crippen LogP contribution is -2.37. The summed E-state index contributed by atoms with van der Waals surface area (Å²) in [5.74, 6) is 4.86.